The summed E-state index contributed by atoms with van der Waals surface area (Å²) < 4.78 is 30.3. The summed E-state index contributed by atoms with van der Waals surface area (Å²) in [5.74, 6) is -1.15. The van der Waals surface area contributed by atoms with Crippen molar-refractivity contribution in [2.45, 2.75) is 13.0 Å². The molecule has 0 aliphatic heterocycles. The zero-order chi connectivity index (χ0) is 9.68. The molecule has 0 saturated carbocycles. The van der Waals surface area contributed by atoms with Crippen molar-refractivity contribution in [3.8, 4) is 0 Å². The van der Waals surface area contributed by atoms with Gasteiger partial charge in [-0.15, -0.1) is 0 Å². The van der Waals surface area contributed by atoms with E-state index in [9.17, 15) is 8.78 Å². The zero-order valence-electron chi connectivity index (χ0n) is 7.22. The van der Waals surface area contributed by atoms with Crippen LogP contribution in [0.4, 0.5) is 8.78 Å². The Labute approximate surface area is 76.3 Å². The molecule has 0 bridgehead atoms. The number of benzene rings is 1. The van der Waals surface area contributed by atoms with E-state index < -0.39 is 11.6 Å². The average molecular weight is 185 g/mol. The van der Waals surface area contributed by atoms with Crippen LogP contribution >= 0.6 is 0 Å². The van der Waals surface area contributed by atoms with Crippen molar-refractivity contribution < 1.29 is 13.5 Å². The fourth-order valence-electron chi connectivity index (χ4n) is 0.986. The predicted molar refractivity (Wildman–Crippen MR) is 46.0 cm³/mol. The Hall–Kier alpha value is -0.960. The second-order valence-electron chi connectivity index (χ2n) is 2.68. The lowest BCUT2D eigenvalue weighted by Gasteiger charge is -2.02. The first kappa shape index (κ1) is 10.1. The van der Waals surface area contributed by atoms with Crippen LogP contribution in [0.5, 0.6) is 0 Å². The summed E-state index contributed by atoms with van der Waals surface area (Å²) in [6.45, 7) is 4.30. The summed E-state index contributed by atoms with van der Waals surface area (Å²) in [6.07, 6.45) is 0.651. The van der Waals surface area contributed by atoms with E-state index in [1.54, 1.807) is 0 Å². The lowest BCUT2D eigenvalue weighted by Crippen LogP contribution is -1.95. The zero-order valence-corrected chi connectivity index (χ0v) is 7.22. The smallest absolute Gasteiger partial charge is 0.126 e. The average Bonchev–Trinajstić information content (AvgIpc) is 2.03. The van der Waals surface area contributed by atoms with Crippen molar-refractivity contribution in [2.75, 3.05) is 6.61 Å². The molecule has 0 amide bonds. The molecule has 1 rings (SSSR count). The molecule has 71 valence electrons. The third-order valence-corrected chi connectivity index (χ3v) is 1.48. The van der Waals surface area contributed by atoms with Crippen LogP contribution in [0, 0.1) is 18.6 Å². The molecule has 1 aromatic carbocycles. The summed E-state index contributed by atoms with van der Waals surface area (Å²) in [7, 11) is 0. The van der Waals surface area contributed by atoms with Crippen LogP contribution in [0.25, 0.3) is 0 Å². The van der Waals surface area contributed by atoms with Gasteiger partial charge in [0.25, 0.3) is 0 Å². The number of ether oxygens (including phenoxy) is 1. The van der Waals surface area contributed by atoms with E-state index in [1.807, 2.05) is 0 Å². The van der Waals surface area contributed by atoms with Crippen LogP contribution in [0.1, 0.15) is 12.0 Å². The van der Waals surface area contributed by atoms with Gasteiger partial charge in [0, 0.05) is 12.7 Å². The van der Waals surface area contributed by atoms with Gasteiger partial charge in [0.05, 0.1) is 6.61 Å². The molecular formula is C10H11F2O. The molecule has 13 heavy (non-hydrogen) atoms. The molecular weight excluding hydrogens is 174 g/mol. The molecule has 0 saturated heterocycles. The van der Waals surface area contributed by atoms with E-state index >= 15 is 0 Å². The quantitative estimate of drug-likeness (QED) is 0.655. The van der Waals surface area contributed by atoms with Gasteiger partial charge in [0.1, 0.15) is 11.6 Å². The fraction of sp³-hybridized carbons (Fsp3) is 0.300. The van der Waals surface area contributed by atoms with E-state index in [0.717, 1.165) is 6.07 Å². The molecule has 3 heteroatoms. The van der Waals surface area contributed by atoms with Crippen molar-refractivity contribution in [2.24, 2.45) is 0 Å². The van der Waals surface area contributed by atoms with E-state index in [4.69, 9.17) is 4.74 Å². The number of hydrogen-bond acceptors (Lipinski definition) is 1. The summed E-state index contributed by atoms with van der Waals surface area (Å²) in [5.41, 5.74) is 0.506. The first-order valence-corrected chi connectivity index (χ1v) is 4.04. The maximum Gasteiger partial charge on any atom is 0.126 e. The van der Waals surface area contributed by atoms with E-state index in [1.165, 1.54) is 12.1 Å². The highest BCUT2D eigenvalue weighted by molar-refractivity contribution is 5.16. The van der Waals surface area contributed by atoms with Crippen LogP contribution in [-0.2, 0) is 11.3 Å². The summed E-state index contributed by atoms with van der Waals surface area (Å²) >= 11 is 0. The third-order valence-electron chi connectivity index (χ3n) is 1.48. The maximum atomic E-state index is 12.6. The highest BCUT2D eigenvalue weighted by atomic mass is 19.1. The molecule has 0 spiro atoms. The van der Waals surface area contributed by atoms with Crippen LogP contribution < -0.4 is 0 Å². The minimum atomic E-state index is -0.576. The molecule has 0 aliphatic rings. The Bertz CT molecular complexity index is 253. The number of rotatable bonds is 4. The molecule has 0 heterocycles. The Morgan fingerprint density at radius 2 is 1.77 bits per heavy atom. The van der Waals surface area contributed by atoms with E-state index in [2.05, 4.69) is 6.92 Å². The van der Waals surface area contributed by atoms with Crippen molar-refractivity contribution in [1.82, 2.24) is 0 Å². The Morgan fingerprint density at radius 1 is 1.15 bits per heavy atom. The van der Waals surface area contributed by atoms with Gasteiger partial charge in [0.15, 0.2) is 0 Å². The second-order valence-corrected chi connectivity index (χ2v) is 2.68. The predicted octanol–water partition coefficient (Wildman–Crippen LogP) is 2.71. The van der Waals surface area contributed by atoms with Crippen LogP contribution in [-0.4, -0.2) is 6.61 Å². The van der Waals surface area contributed by atoms with Crippen LogP contribution in [0.15, 0.2) is 18.2 Å². The van der Waals surface area contributed by atoms with Gasteiger partial charge in [-0.05, 0) is 24.1 Å². The highest BCUT2D eigenvalue weighted by Gasteiger charge is 1.99. The molecule has 0 fully saturated rings. The monoisotopic (exact) mass is 185 g/mol. The minimum Gasteiger partial charge on any atom is -0.377 e. The van der Waals surface area contributed by atoms with Gasteiger partial charge in [-0.3, -0.25) is 0 Å². The Balaban J connectivity index is 2.56. The second kappa shape index (κ2) is 4.92. The highest BCUT2D eigenvalue weighted by Crippen LogP contribution is 2.08. The van der Waals surface area contributed by atoms with Gasteiger partial charge < -0.3 is 4.74 Å². The Morgan fingerprint density at radius 3 is 2.31 bits per heavy atom. The standard InChI is InChI=1S/C10H11F2O/c1-2-3-13-7-8-4-9(11)6-10(12)5-8/h4-6H,1-3,7H2. The normalized spacial score (nSPS) is 10.4. The molecule has 0 unspecified atom stereocenters. The van der Waals surface area contributed by atoms with Gasteiger partial charge in [0.2, 0.25) is 0 Å². The minimum absolute atomic E-state index is 0.226. The van der Waals surface area contributed by atoms with Gasteiger partial charge >= 0.3 is 0 Å². The maximum absolute atomic E-state index is 12.6. The van der Waals surface area contributed by atoms with Crippen molar-refractivity contribution in [3.63, 3.8) is 0 Å². The summed E-state index contributed by atoms with van der Waals surface area (Å²) in [4.78, 5) is 0. The lowest BCUT2D eigenvalue weighted by atomic mass is 10.2. The van der Waals surface area contributed by atoms with Crippen molar-refractivity contribution in [3.05, 3.63) is 42.3 Å². The largest absolute Gasteiger partial charge is 0.377 e. The molecule has 0 atom stereocenters. The molecule has 1 radical (unpaired) electrons. The van der Waals surface area contributed by atoms with Crippen molar-refractivity contribution >= 4 is 0 Å². The molecule has 0 N–H and O–H groups in total. The van der Waals surface area contributed by atoms with Gasteiger partial charge in [-0.2, -0.15) is 0 Å². The molecule has 0 aliphatic carbocycles. The van der Waals surface area contributed by atoms with Gasteiger partial charge in [-0.25, -0.2) is 8.78 Å². The van der Waals surface area contributed by atoms with Gasteiger partial charge in [-0.1, -0.05) is 6.92 Å². The van der Waals surface area contributed by atoms with Crippen molar-refractivity contribution in [1.29, 1.82) is 0 Å². The third kappa shape index (κ3) is 3.51. The fourth-order valence-corrected chi connectivity index (χ4v) is 0.986. The van der Waals surface area contributed by atoms with Crippen LogP contribution in [0.3, 0.4) is 0 Å². The SMILES string of the molecule is [CH2]CCOCc1cc(F)cc(F)c1. The lowest BCUT2D eigenvalue weighted by molar-refractivity contribution is 0.124. The molecule has 0 aromatic heterocycles. The Kier molecular flexibility index (Phi) is 3.83. The number of hydrogen-bond donors (Lipinski definition) is 0. The van der Waals surface area contributed by atoms with E-state index in [-0.39, 0.29) is 6.61 Å². The first-order valence-electron chi connectivity index (χ1n) is 4.04. The van der Waals surface area contributed by atoms with E-state index in [0.29, 0.717) is 18.6 Å². The number of halogens is 2. The van der Waals surface area contributed by atoms with Crippen LogP contribution in [0.2, 0.25) is 0 Å². The summed E-state index contributed by atoms with van der Waals surface area (Å²) in [5, 5.41) is 0. The topological polar surface area (TPSA) is 9.23 Å². The molecule has 1 aromatic rings. The summed E-state index contributed by atoms with van der Waals surface area (Å²) in [6, 6.07) is 3.35. The first-order chi connectivity index (χ1) is 6.22. The molecule has 1 nitrogen and oxygen atoms in total.